The molecule has 164 valence electrons. The molecule has 0 bridgehead atoms. The van der Waals surface area contributed by atoms with E-state index in [1.807, 2.05) is 47.4 Å². The van der Waals surface area contributed by atoms with Crippen LogP contribution >= 0.6 is 15.9 Å². The largest absolute Gasteiger partial charge is 0.493 e. The highest BCUT2D eigenvalue weighted by Gasteiger charge is 2.31. The van der Waals surface area contributed by atoms with Crippen LogP contribution in [0.5, 0.6) is 11.5 Å². The summed E-state index contributed by atoms with van der Waals surface area (Å²) >= 11 is 3.63. The minimum Gasteiger partial charge on any atom is -0.493 e. The van der Waals surface area contributed by atoms with Crippen LogP contribution in [0.3, 0.4) is 0 Å². The van der Waals surface area contributed by atoms with E-state index in [0.717, 1.165) is 33.3 Å². The summed E-state index contributed by atoms with van der Waals surface area (Å²) in [6, 6.07) is 20.0. The zero-order valence-electron chi connectivity index (χ0n) is 18.5. The number of hydrogen-bond acceptors (Lipinski definition) is 3. The number of rotatable bonds is 7. The van der Waals surface area contributed by atoms with E-state index in [4.69, 9.17) is 9.47 Å². The molecule has 1 aliphatic rings. The van der Waals surface area contributed by atoms with Crippen LogP contribution in [0.1, 0.15) is 35.6 Å². The van der Waals surface area contributed by atoms with Crippen LogP contribution in [0.4, 0.5) is 5.69 Å². The normalized spacial score (nSPS) is 14.1. The van der Waals surface area contributed by atoms with Crippen LogP contribution in [0.2, 0.25) is 0 Å². The van der Waals surface area contributed by atoms with Crippen molar-refractivity contribution in [1.82, 2.24) is 0 Å². The number of carbonyl (C=O) groups is 1. The fourth-order valence-corrected chi connectivity index (χ4v) is 4.44. The third-order valence-corrected chi connectivity index (χ3v) is 6.06. The molecule has 0 radical (unpaired) electrons. The van der Waals surface area contributed by atoms with Crippen molar-refractivity contribution < 1.29 is 14.3 Å². The molecule has 1 aliphatic heterocycles. The molecule has 3 aromatic carbocycles. The van der Waals surface area contributed by atoms with E-state index in [2.05, 4.69) is 54.0 Å². The van der Waals surface area contributed by atoms with Gasteiger partial charge in [-0.3, -0.25) is 4.79 Å². The van der Waals surface area contributed by atoms with E-state index in [1.165, 1.54) is 5.56 Å². The number of carbonyl (C=O) groups excluding carboxylic acids is 1. The van der Waals surface area contributed by atoms with Crippen molar-refractivity contribution in [3.63, 3.8) is 0 Å². The number of benzene rings is 3. The van der Waals surface area contributed by atoms with Crippen LogP contribution in [0, 0.1) is 6.92 Å². The van der Waals surface area contributed by atoms with Gasteiger partial charge in [-0.25, -0.2) is 0 Å². The number of aryl methyl sites for hydroxylation is 1. The molecule has 0 N–H and O–H groups in total. The van der Waals surface area contributed by atoms with Gasteiger partial charge < -0.3 is 14.4 Å². The Morgan fingerprint density at radius 3 is 2.53 bits per heavy atom. The number of methoxy groups -OCH3 is 1. The van der Waals surface area contributed by atoms with Crippen molar-refractivity contribution in [2.45, 2.75) is 26.9 Å². The van der Waals surface area contributed by atoms with Crippen molar-refractivity contribution in [2.75, 3.05) is 18.6 Å². The van der Waals surface area contributed by atoms with Gasteiger partial charge in [0.2, 0.25) is 0 Å². The summed E-state index contributed by atoms with van der Waals surface area (Å²) in [6.07, 6.45) is 2.83. The minimum atomic E-state index is 0.0304. The average Bonchev–Trinajstić information content (AvgIpc) is 3.05. The fraction of sp³-hybridized carbons (Fsp3) is 0.222. The topological polar surface area (TPSA) is 38.8 Å². The molecule has 1 heterocycles. The Morgan fingerprint density at radius 1 is 1.06 bits per heavy atom. The second-order valence-corrected chi connectivity index (χ2v) is 8.69. The van der Waals surface area contributed by atoms with Gasteiger partial charge in [0.25, 0.3) is 5.91 Å². The lowest BCUT2D eigenvalue weighted by molar-refractivity contribution is -0.113. The fourth-order valence-electron chi connectivity index (χ4n) is 3.86. The summed E-state index contributed by atoms with van der Waals surface area (Å²) < 4.78 is 12.5. The summed E-state index contributed by atoms with van der Waals surface area (Å²) in [5, 5.41) is 0. The SMILES string of the molecule is CCCN1C(=O)/C(=C\c2cc(Br)c(OCc3ccc(C)cc3)c(OC)c2)c2ccccc21. The highest BCUT2D eigenvalue weighted by Crippen LogP contribution is 2.41. The summed E-state index contributed by atoms with van der Waals surface area (Å²) in [6.45, 7) is 5.28. The maximum Gasteiger partial charge on any atom is 0.258 e. The van der Waals surface area contributed by atoms with Crippen LogP contribution in [0.15, 0.2) is 65.1 Å². The van der Waals surface area contributed by atoms with Crippen molar-refractivity contribution in [2.24, 2.45) is 0 Å². The van der Waals surface area contributed by atoms with Gasteiger partial charge >= 0.3 is 0 Å². The third kappa shape index (κ3) is 4.44. The zero-order chi connectivity index (χ0) is 22.7. The molecule has 4 rings (SSSR count). The van der Waals surface area contributed by atoms with Crippen molar-refractivity contribution in [3.05, 3.63) is 87.4 Å². The van der Waals surface area contributed by atoms with Gasteiger partial charge in [0, 0.05) is 17.7 Å². The van der Waals surface area contributed by atoms with Crippen molar-refractivity contribution in [3.8, 4) is 11.5 Å². The van der Waals surface area contributed by atoms with E-state index in [-0.39, 0.29) is 5.91 Å². The van der Waals surface area contributed by atoms with E-state index in [9.17, 15) is 4.79 Å². The molecule has 0 saturated carbocycles. The molecular weight excluding hydrogens is 466 g/mol. The summed E-state index contributed by atoms with van der Waals surface area (Å²) in [7, 11) is 1.62. The number of para-hydroxylation sites is 1. The lowest BCUT2D eigenvalue weighted by Gasteiger charge is -2.15. The highest BCUT2D eigenvalue weighted by atomic mass is 79.9. The summed E-state index contributed by atoms with van der Waals surface area (Å²) in [5.41, 5.74) is 5.78. The number of ether oxygens (including phenoxy) is 2. The van der Waals surface area contributed by atoms with E-state index >= 15 is 0 Å². The van der Waals surface area contributed by atoms with Gasteiger partial charge in [-0.15, -0.1) is 0 Å². The Hall–Kier alpha value is -3.05. The Bertz CT molecular complexity index is 1170. The second-order valence-electron chi connectivity index (χ2n) is 7.84. The lowest BCUT2D eigenvalue weighted by atomic mass is 10.0. The van der Waals surface area contributed by atoms with Crippen LogP contribution in [-0.4, -0.2) is 19.6 Å². The number of hydrogen-bond donors (Lipinski definition) is 0. The first-order valence-corrected chi connectivity index (χ1v) is 11.5. The molecule has 1 amide bonds. The van der Waals surface area contributed by atoms with Gasteiger partial charge in [-0.05, 0) is 64.7 Å². The molecule has 0 saturated heterocycles. The molecule has 0 spiro atoms. The Kier molecular flexibility index (Phi) is 6.66. The van der Waals surface area contributed by atoms with Gasteiger partial charge in [-0.1, -0.05) is 55.0 Å². The van der Waals surface area contributed by atoms with Gasteiger partial charge in [0.15, 0.2) is 11.5 Å². The predicted molar refractivity (Wildman–Crippen MR) is 133 cm³/mol. The smallest absolute Gasteiger partial charge is 0.258 e. The van der Waals surface area contributed by atoms with Crippen molar-refractivity contribution in [1.29, 1.82) is 0 Å². The summed E-state index contributed by atoms with van der Waals surface area (Å²) in [4.78, 5) is 15.0. The summed E-state index contributed by atoms with van der Waals surface area (Å²) in [5.74, 6) is 1.28. The van der Waals surface area contributed by atoms with Gasteiger partial charge in [0.1, 0.15) is 6.61 Å². The van der Waals surface area contributed by atoms with Gasteiger partial charge in [-0.2, -0.15) is 0 Å². The first-order valence-electron chi connectivity index (χ1n) is 10.7. The first kappa shape index (κ1) is 22.2. The van der Waals surface area contributed by atoms with E-state index in [0.29, 0.717) is 30.2 Å². The monoisotopic (exact) mass is 491 g/mol. The molecular formula is C27H26BrNO3. The molecule has 0 unspecified atom stereocenters. The van der Waals surface area contributed by atoms with Crippen LogP contribution in [0.25, 0.3) is 11.6 Å². The number of anilines is 1. The maximum absolute atomic E-state index is 13.1. The number of amides is 1. The first-order chi connectivity index (χ1) is 15.5. The predicted octanol–water partition coefficient (Wildman–Crippen LogP) is 6.64. The molecule has 3 aromatic rings. The molecule has 0 aromatic heterocycles. The number of nitrogens with zero attached hydrogens (tertiary/aromatic N) is 1. The Labute approximate surface area is 197 Å². The van der Waals surface area contributed by atoms with Crippen molar-refractivity contribution >= 4 is 39.2 Å². The quantitative estimate of drug-likeness (QED) is 0.347. The minimum absolute atomic E-state index is 0.0304. The van der Waals surface area contributed by atoms with Crippen LogP contribution in [-0.2, 0) is 11.4 Å². The molecule has 4 nitrogen and oxygen atoms in total. The molecule has 5 heteroatoms. The standard InChI is InChI=1S/C27H26BrNO3/c1-4-13-29-24-8-6-5-7-21(24)22(27(29)30)14-20-15-23(28)26(25(16-20)31-3)32-17-19-11-9-18(2)10-12-19/h5-12,14-16H,4,13,17H2,1-3H3/b22-14-. The highest BCUT2D eigenvalue weighted by molar-refractivity contribution is 9.10. The maximum atomic E-state index is 13.1. The molecule has 0 atom stereocenters. The lowest BCUT2D eigenvalue weighted by Crippen LogP contribution is -2.26. The van der Waals surface area contributed by atoms with E-state index in [1.54, 1.807) is 7.11 Å². The Balaban J connectivity index is 1.65. The van der Waals surface area contributed by atoms with E-state index < -0.39 is 0 Å². The van der Waals surface area contributed by atoms with Gasteiger partial charge in [0.05, 0.1) is 17.3 Å². The molecule has 0 fully saturated rings. The molecule has 32 heavy (non-hydrogen) atoms. The zero-order valence-corrected chi connectivity index (χ0v) is 20.1. The second kappa shape index (κ2) is 9.61. The average molecular weight is 492 g/mol. The molecule has 0 aliphatic carbocycles. The third-order valence-electron chi connectivity index (χ3n) is 5.47. The van der Waals surface area contributed by atoms with Crippen LogP contribution < -0.4 is 14.4 Å². The number of fused-ring (bicyclic) bond motifs is 1. The number of halogens is 1. The Morgan fingerprint density at radius 2 is 1.81 bits per heavy atom.